The average Bonchev–Trinajstić information content (AvgIpc) is 3.31. The maximum atomic E-state index is 13.3. The van der Waals surface area contributed by atoms with Crippen LogP contribution < -0.4 is 4.74 Å². The number of hydrogen-bond acceptors (Lipinski definition) is 6. The van der Waals surface area contributed by atoms with Crippen LogP contribution in [0.2, 0.25) is 0 Å². The minimum absolute atomic E-state index is 0.0480. The number of ether oxygens (including phenoxy) is 2. The van der Waals surface area contributed by atoms with E-state index in [0.717, 1.165) is 55.3 Å². The van der Waals surface area contributed by atoms with Crippen LogP contribution in [-0.2, 0) is 11.3 Å². The molecule has 0 N–H and O–H groups in total. The fourth-order valence-corrected chi connectivity index (χ4v) is 5.49. The first-order valence-electron chi connectivity index (χ1n) is 14.2. The Hall–Kier alpha value is -3.85. The number of aromatic nitrogens is 2. The van der Waals surface area contributed by atoms with Crippen molar-refractivity contribution in [2.75, 3.05) is 45.9 Å². The monoisotopic (exact) mass is 545 g/mol. The van der Waals surface area contributed by atoms with E-state index in [-0.39, 0.29) is 18.1 Å². The molecule has 0 bridgehead atoms. The number of amides is 2. The molecule has 2 saturated heterocycles. The Balaban J connectivity index is 1.11. The number of piperazine rings is 1. The zero-order valence-corrected chi connectivity index (χ0v) is 23.7. The van der Waals surface area contributed by atoms with Crippen molar-refractivity contribution < 1.29 is 19.1 Å². The fraction of sp³-hybridized carbons (Fsp3) is 0.452. The highest BCUT2D eigenvalue weighted by atomic mass is 16.6. The van der Waals surface area contributed by atoms with E-state index in [1.54, 1.807) is 4.90 Å². The minimum atomic E-state index is -0.224. The molecule has 0 saturated carbocycles. The standard InChI is InChI=1S/C31H39N5O4/c1-4-39-31(38)35-17-15-33(16-18-35)22-25-7-5-10-29(20-25)40-28-11-13-34(14-12-28)30(37)26-8-6-9-27(21-26)36-24(3)19-23(2)32-36/h5-10,19-21,28H,4,11-18,22H2,1-3H3. The summed E-state index contributed by atoms with van der Waals surface area (Å²) in [5, 5.41) is 4.55. The summed E-state index contributed by atoms with van der Waals surface area (Å²) in [6.45, 7) is 11.4. The third-order valence-corrected chi connectivity index (χ3v) is 7.58. The molecule has 2 fully saturated rings. The Morgan fingerprint density at radius 3 is 2.35 bits per heavy atom. The van der Waals surface area contributed by atoms with Gasteiger partial charge in [0.25, 0.3) is 5.91 Å². The van der Waals surface area contributed by atoms with Crippen LogP contribution in [0, 0.1) is 13.8 Å². The molecule has 2 aliphatic rings. The van der Waals surface area contributed by atoms with Gasteiger partial charge in [0.1, 0.15) is 11.9 Å². The van der Waals surface area contributed by atoms with E-state index in [0.29, 0.717) is 38.3 Å². The van der Waals surface area contributed by atoms with Gasteiger partial charge < -0.3 is 19.3 Å². The number of hydrogen-bond donors (Lipinski definition) is 0. The number of likely N-dealkylation sites (tertiary alicyclic amines) is 1. The second-order valence-electron chi connectivity index (χ2n) is 10.6. The first-order chi connectivity index (χ1) is 19.4. The van der Waals surface area contributed by atoms with Crippen LogP contribution in [0.4, 0.5) is 4.79 Å². The first kappa shape index (κ1) is 27.7. The molecule has 3 aromatic rings. The molecule has 0 unspecified atom stereocenters. The van der Waals surface area contributed by atoms with Gasteiger partial charge in [-0.3, -0.25) is 9.69 Å². The zero-order valence-electron chi connectivity index (χ0n) is 23.7. The van der Waals surface area contributed by atoms with Gasteiger partial charge in [0.05, 0.1) is 18.0 Å². The molecule has 2 amide bonds. The number of benzene rings is 2. The largest absolute Gasteiger partial charge is 0.490 e. The molecule has 9 heteroatoms. The van der Waals surface area contributed by atoms with Crippen molar-refractivity contribution >= 4 is 12.0 Å². The van der Waals surface area contributed by atoms with Gasteiger partial charge in [0.15, 0.2) is 0 Å². The van der Waals surface area contributed by atoms with Gasteiger partial charge >= 0.3 is 6.09 Å². The van der Waals surface area contributed by atoms with Gasteiger partial charge in [0.2, 0.25) is 0 Å². The molecule has 1 aromatic heterocycles. The van der Waals surface area contributed by atoms with Crippen molar-refractivity contribution in [1.82, 2.24) is 24.5 Å². The van der Waals surface area contributed by atoms with E-state index in [9.17, 15) is 9.59 Å². The van der Waals surface area contributed by atoms with Crippen LogP contribution in [-0.4, -0.2) is 88.5 Å². The molecule has 0 spiro atoms. The lowest BCUT2D eigenvalue weighted by atomic mass is 10.1. The fourth-order valence-electron chi connectivity index (χ4n) is 5.49. The lowest BCUT2D eigenvalue weighted by molar-refractivity contribution is 0.0595. The topological polar surface area (TPSA) is 80.1 Å². The molecule has 9 nitrogen and oxygen atoms in total. The molecular weight excluding hydrogens is 506 g/mol. The number of rotatable bonds is 7. The maximum Gasteiger partial charge on any atom is 0.409 e. The Kier molecular flexibility index (Phi) is 8.69. The summed E-state index contributed by atoms with van der Waals surface area (Å²) < 4.78 is 13.3. The van der Waals surface area contributed by atoms with Crippen LogP contribution in [0.25, 0.3) is 5.69 Å². The van der Waals surface area contributed by atoms with Gasteiger partial charge in [0, 0.05) is 69.9 Å². The lowest BCUT2D eigenvalue weighted by Crippen LogP contribution is -2.48. The van der Waals surface area contributed by atoms with Crippen molar-refractivity contribution in [3.63, 3.8) is 0 Å². The summed E-state index contributed by atoms with van der Waals surface area (Å²) >= 11 is 0. The second kappa shape index (κ2) is 12.6. The van der Waals surface area contributed by atoms with E-state index >= 15 is 0 Å². The highest BCUT2D eigenvalue weighted by Crippen LogP contribution is 2.23. The second-order valence-corrected chi connectivity index (χ2v) is 10.6. The van der Waals surface area contributed by atoms with Crippen LogP contribution in [0.1, 0.15) is 47.1 Å². The van der Waals surface area contributed by atoms with Crippen LogP contribution >= 0.6 is 0 Å². The van der Waals surface area contributed by atoms with Crippen molar-refractivity contribution in [2.24, 2.45) is 0 Å². The van der Waals surface area contributed by atoms with Gasteiger partial charge in [-0.15, -0.1) is 0 Å². The van der Waals surface area contributed by atoms with Gasteiger partial charge in [-0.05, 0) is 62.7 Å². The quantitative estimate of drug-likeness (QED) is 0.437. The highest BCUT2D eigenvalue weighted by Gasteiger charge is 2.26. The molecular formula is C31H39N5O4. The van der Waals surface area contributed by atoms with Crippen molar-refractivity contribution in [2.45, 2.75) is 46.3 Å². The third-order valence-electron chi connectivity index (χ3n) is 7.58. The van der Waals surface area contributed by atoms with E-state index in [1.807, 2.05) is 72.8 Å². The molecule has 0 aliphatic carbocycles. The third kappa shape index (κ3) is 6.65. The predicted octanol–water partition coefficient (Wildman–Crippen LogP) is 4.45. The molecule has 0 atom stereocenters. The van der Waals surface area contributed by atoms with E-state index in [4.69, 9.17) is 9.47 Å². The molecule has 212 valence electrons. The summed E-state index contributed by atoms with van der Waals surface area (Å²) in [5.74, 6) is 0.914. The van der Waals surface area contributed by atoms with Gasteiger partial charge in [-0.1, -0.05) is 18.2 Å². The smallest absolute Gasteiger partial charge is 0.409 e. The average molecular weight is 546 g/mol. The van der Waals surface area contributed by atoms with Crippen LogP contribution in [0.3, 0.4) is 0 Å². The van der Waals surface area contributed by atoms with Gasteiger partial charge in [-0.25, -0.2) is 9.48 Å². The molecule has 0 radical (unpaired) electrons. The molecule has 5 rings (SSSR count). The molecule has 40 heavy (non-hydrogen) atoms. The number of carbonyl (C=O) groups excluding carboxylic acids is 2. The number of nitrogens with zero attached hydrogens (tertiary/aromatic N) is 5. The highest BCUT2D eigenvalue weighted by molar-refractivity contribution is 5.94. The summed E-state index contributed by atoms with van der Waals surface area (Å²) in [6.07, 6.45) is 1.44. The molecule has 3 heterocycles. The number of piperidine rings is 1. The summed E-state index contributed by atoms with van der Waals surface area (Å²) in [5.41, 5.74) is 4.77. The van der Waals surface area contributed by atoms with E-state index in [2.05, 4.69) is 22.1 Å². The minimum Gasteiger partial charge on any atom is -0.490 e. The maximum absolute atomic E-state index is 13.3. The Bertz CT molecular complexity index is 1320. The van der Waals surface area contributed by atoms with Crippen LogP contribution in [0.15, 0.2) is 54.6 Å². The van der Waals surface area contributed by atoms with Gasteiger partial charge in [-0.2, -0.15) is 5.10 Å². The Morgan fingerprint density at radius 2 is 1.65 bits per heavy atom. The summed E-state index contributed by atoms with van der Waals surface area (Å²) in [4.78, 5) is 31.3. The number of carbonyl (C=O) groups is 2. The van der Waals surface area contributed by atoms with Crippen molar-refractivity contribution in [3.05, 3.63) is 77.1 Å². The SMILES string of the molecule is CCOC(=O)N1CCN(Cc2cccc(OC3CCN(C(=O)c4cccc(-n5nc(C)cc5C)c4)CC3)c2)CC1. The van der Waals surface area contributed by atoms with Crippen molar-refractivity contribution in [3.8, 4) is 11.4 Å². The zero-order chi connectivity index (χ0) is 28.1. The first-order valence-corrected chi connectivity index (χ1v) is 14.2. The Morgan fingerprint density at radius 1 is 0.900 bits per heavy atom. The summed E-state index contributed by atoms with van der Waals surface area (Å²) in [7, 11) is 0. The van der Waals surface area contributed by atoms with E-state index < -0.39 is 0 Å². The predicted molar refractivity (Wildman–Crippen MR) is 153 cm³/mol. The number of aryl methyl sites for hydroxylation is 2. The van der Waals surface area contributed by atoms with E-state index in [1.165, 1.54) is 5.56 Å². The molecule has 2 aliphatic heterocycles. The lowest BCUT2D eigenvalue weighted by Gasteiger charge is -2.34. The Labute approximate surface area is 236 Å². The molecule has 2 aromatic carbocycles. The normalized spacial score (nSPS) is 16.7. The van der Waals surface area contributed by atoms with Crippen molar-refractivity contribution in [1.29, 1.82) is 0 Å². The summed E-state index contributed by atoms with van der Waals surface area (Å²) in [6, 6.07) is 18.0. The van der Waals surface area contributed by atoms with Crippen LogP contribution in [0.5, 0.6) is 5.75 Å².